The summed E-state index contributed by atoms with van der Waals surface area (Å²) < 4.78 is 16.7. The van der Waals surface area contributed by atoms with Crippen LogP contribution in [0.3, 0.4) is 0 Å². The zero-order valence-corrected chi connectivity index (χ0v) is 25.8. The third-order valence-electron chi connectivity index (χ3n) is 8.36. The van der Waals surface area contributed by atoms with Crippen LogP contribution in [0, 0.1) is 5.41 Å². The quantitative estimate of drug-likeness (QED) is 0.245. The maximum Gasteiger partial charge on any atom is 0.410 e. The molecule has 1 aromatic heterocycles. The van der Waals surface area contributed by atoms with Gasteiger partial charge in [0.1, 0.15) is 30.8 Å². The number of amides is 3. The number of carbonyl (C=O) groups excluding carboxylic acids is 3. The highest BCUT2D eigenvalue weighted by Crippen LogP contribution is 2.36. The lowest BCUT2D eigenvalue weighted by Gasteiger charge is -2.33. The van der Waals surface area contributed by atoms with Gasteiger partial charge >= 0.3 is 12.1 Å². The number of likely N-dealkylation sites (tertiary alicyclic amines) is 1. The summed E-state index contributed by atoms with van der Waals surface area (Å²) in [6.45, 7) is 1.90. The third-order valence-corrected chi connectivity index (χ3v) is 8.36. The Morgan fingerprint density at radius 2 is 1.87 bits per heavy atom. The molecule has 1 saturated carbocycles. The largest absolute Gasteiger partial charge is 0.497 e. The normalized spacial score (nSPS) is 19.6. The maximum absolute atomic E-state index is 13.1. The van der Waals surface area contributed by atoms with Gasteiger partial charge in [-0.2, -0.15) is 0 Å². The van der Waals surface area contributed by atoms with Gasteiger partial charge in [-0.1, -0.05) is 56.5 Å². The molecule has 3 atom stereocenters. The highest BCUT2D eigenvalue weighted by molar-refractivity contribution is 5.88. The molecule has 0 radical (unpaired) electrons. The summed E-state index contributed by atoms with van der Waals surface area (Å²) in [6.07, 6.45) is 5.39. The van der Waals surface area contributed by atoms with Gasteiger partial charge < -0.3 is 40.2 Å². The van der Waals surface area contributed by atoms with Gasteiger partial charge in [0.2, 0.25) is 11.8 Å². The minimum atomic E-state index is -1.26. The van der Waals surface area contributed by atoms with E-state index in [9.17, 15) is 24.3 Å². The zero-order valence-electron chi connectivity index (χ0n) is 25.8. The van der Waals surface area contributed by atoms with Gasteiger partial charge in [-0.05, 0) is 30.9 Å². The number of aromatic nitrogens is 1. The van der Waals surface area contributed by atoms with E-state index in [0.717, 1.165) is 24.8 Å². The number of nitrogens with one attached hydrogen (secondary N) is 3. The second-order valence-corrected chi connectivity index (χ2v) is 11.8. The molecular weight excluding hydrogens is 582 g/mol. The van der Waals surface area contributed by atoms with Gasteiger partial charge in [0.05, 0.1) is 25.8 Å². The highest BCUT2D eigenvalue weighted by atomic mass is 16.6. The number of nitrogens with zero attached hydrogens (tertiary/aromatic N) is 2. The molecule has 1 aliphatic carbocycles. The number of pyridine rings is 1. The van der Waals surface area contributed by atoms with Crippen LogP contribution in [0.4, 0.5) is 10.6 Å². The monoisotopic (exact) mass is 625 g/mol. The van der Waals surface area contributed by atoms with Crippen molar-refractivity contribution in [2.75, 3.05) is 38.7 Å². The van der Waals surface area contributed by atoms with Gasteiger partial charge in [-0.15, -0.1) is 0 Å². The van der Waals surface area contributed by atoms with E-state index in [0.29, 0.717) is 37.4 Å². The number of carbonyl (C=O) groups is 4. The van der Waals surface area contributed by atoms with Crippen molar-refractivity contribution in [3.63, 3.8) is 0 Å². The first-order chi connectivity index (χ1) is 21.7. The molecule has 1 saturated heterocycles. The Balaban J connectivity index is 1.29. The van der Waals surface area contributed by atoms with Crippen molar-refractivity contribution in [3.05, 3.63) is 54.2 Å². The van der Waals surface area contributed by atoms with Gasteiger partial charge in [-0.3, -0.25) is 9.59 Å². The third kappa shape index (κ3) is 9.80. The summed E-state index contributed by atoms with van der Waals surface area (Å²) in [5.41, 5.74) is 0.248. The summed E-state index contributed by atoms with van der Waals surface area (Å²) in [6, 6.07) is 11.2. The summed E-state index contributed by atoms with van der Waals surface area (Å²) in [5.74, 6) is -0.856. The molecule has 1 aliphatic heterocycles. The minimum absolute atomic E-state index is 0.113. The van der Waals surface area contributed by atoms with Crippen LogP contribution in [-0.2, 0) is 30.5 Å². The molecular formula is C32H43N5O8. The zero-order chi connectivity index (χ0) is 32.2. The predicted octanol–water partition coefficient (Wildman–Crippen LogP) is 2.95. The molecule has 2 heterocycles. The lowest BCUT2D eigenvalue weighted by molar-refractivity contribution is -0.144. The number of methoxy groups -OCH3 is 1. The van der Waals surface area contributed by atoms with E-state index in [4.69, 9.17) is 14.2 Å². The molecule has 2 aliphatic rings. The van der Waals surface area contributed by atoms with Crippen molar-refractivity contribution < 1.29 is 38.5 Å². The Labute approximate surface area is 263 Å². The molecule has 1 aromatic carbocycles. The Morgan fingerprint density at radius 1 is 1.11 bits per heavy atom. The van der Waals surface area contributed by atoms with Crippen LogP contribution in [-0.4, -0.2) is 90.4 Å². The number of hydrogen-bond donors (Lipinski definition) is 4. The highest BCUT2D eigenvalue weighted by Gasteiger charge is 2.38. The summed E-state index contributed by atoms with van der Waals surface area (Å²) in [7, 11) is 1.56. The van der Waals surface area contributed by atoms with E-state index in [1.165, 1.54) is 0 Å². The van der Waals surface area contributed by atoms with Crippen LogP contribution in [0.1, 0.15) is 51.0 Å². The van der Waals surface area contributed by atoms with Crippen LogP contribution >= 0.6 is 0 Å². The SMILES string of the molecule is COc1ccnc(NCC2CC(OCC(=O)NCC(NC(=O)C3(C)CCCCC3)C(=O)O)CN2C(=O)OCc2ccccc2)c1. The van der Waals surface area contributed by atoms with Gasteiger partial charge in [0.25, 0.3) is 0 Å². The summed E-state index contributed by atoms with van der Waals surface area (Å²) in [4.78, 5) is 56.2. The number of ether oxygens (including phenoxy) is 3. The lowest BCUT2D eigenvalue weighted by Crippen LogP contribution is -2.53. The minimum Gasteiger partial charge on any atom is -0.497 e. The van der Waals surface area contributed by atoms with E-state index < -0.39 is 35.5 Å². The predicted molar refractivity (Wildman–Crippen MR) is 165 cm³/mol. The van der Waals surface area contributed by atoms with E-state index >= 15 is 0 Å². The first-order valence-corrected chi connectivity index (χ1v) is 15.3. The van der Waals surface area contributed by atoms with E-state index in [1.54, 1.807) is 30.3 Å². The molecule has 13 heteroatoms. The fourth-order valence-electron chi connectivity index (χ4n) is 5.62. The van der Waals surface area contributed by atoms with Gasteiger partial charge in [-0.25, -0.2) is 14.6 Å². The Kier molecular flexibility index (Phi) is 12.0. The lowest BCUT2D eigenvalue weighted by atomic mass is 9.75. The number of anilines is 1. The topological polar surface area (TPSA) is 168 Å². The molecule has 3 unspecified atom stereocenters. The molecule has 4 rings (SSSR count). The summed E-state index contributed by atoms with van der Waals surface area (Å²) in [5, 5.41) is 18.0. The smallest absolute Gasteiger partial charge is 0.410 e. The Morgan fingerprint density at radius 3 is 2.58 bits per heavy atom. The number of rotatable bonds is 14. The van der Waals surface area contributed by atoms with E-state index in [1.807, 2.05) is 37.3 Å². The van der Waals surface area contributed by atoms with Crippen LogP contribution in [0.25, 0.3) is 0 Å². The average Bonchev–Trinajstić information content (AvgIpc) is 3.47. The van der Waals surface area contributed by atoms with Crippen LogP contribution < -0.4 is 20.7 Å². The molecule has 3 amide bonds. The fraction of sp³-hybridized carbons (Fsp3) is 0.531. The molecule has 0 spiro atoms. The number of carboxylic acids is 1. The van der Waals surface area contributed by atoms with Crippen molar-refractivity contribution in [2.45, 2.75) is 70.2 Å². The van der Waals surface area contributed by atoms with Crippen molar-refractivity contribution >= 4 is 29.7 Å². The van der Waals surface area contributed by atoms with E-state index in [2.05, 4.69) is 20.9 Å². The number of benzene rings is 1. The maximum atomic E-state index is 13.1. The Hall–Kier alpha value is -4.39. The standard InChI is InChI=1S/C32H43N5O8/c1-32(12-7-4-8-13-32)30(41)36-26(29(39)40)18-35-28(38)21-44-25-15-23(17-34-27-16-24(43-2)11-14-33-27)37(19-25)31(42)45-20-22-9-5-3-6-10-22/h3,5-6,9-11,14,16,23,25-26H,4,7-8,12-13,15,17-21H2,1-2H3,(H,33,34)(H,35,38)(H,36,41)(H,39,40). The van der Waals surface area contributed by atoms with Gasteiger partial charge in [0, 0.05) is 30.8 Å². The Bertz CT molecular complexity index is 1300. The number of hydrogen-bond acceptors (Lipinski definition) is 9. The van der Waals surface area contributed by atoms with Crippen molar-refractivity contribution in [2.24, 2.45) is 5.41 Å². The number of aliphatic carboxylic acids is 1. The molecule has 2 aromatic rings. The molecule has 244 valence electrons. The average molecular weight is 626 g/mol. The second kappa shape index (κ2) is 16.1. The van der Waals surface area contributed by atoms with Crippen molar-refractivity contribution in [1.29, 1.82) is 0 Å². The van der Waals surface area contributed by atoms with Crippen molar-refractivity contribution in [3.8, 4) is 5.75 Å². The molecule has 0 bridgehead atoms. The second-order valence-electron chi connectivity index (χ2n) is 11.8. The van der Waals surface area contributed by atoms with Crippen LogP contribution in [0.5, 0.6) is 5.75 Å². The first kappa shape index (κ1) is 33.5. The summed E-state index contributed by atoms with van der Waals surface area (Å²) >= 11 is 0. The molecule has 13 nitrogen and oxygen atoms in total. The van der Waals surface area contributed by atoms with Crippen molar-refractivity contribution in [1.82, 2.24) is 20.5 Å². The fourth-order valence-corrected chi connectivity index (χ4v) is 5.62. The van der Waals surface area contributed by atoms with Crippen LogP contribution in [0.15, 0.2) is 48.7 Å². The first-order valence-electron chi connectivity index (χ1n) is 15.3. The van der Waals surface area contributed by atoms with E-state index in [-0.39, 0.29) is 38.3 Å². The molecule has 4 N–H and O–H groups in total. The van der Waals surface area contributed by atoms with Gasteiger partial charge in [0.15, 0.2) is 0 Å². The number of carboxylic acid groups (broad SMARTS) is 1. The molecule has 45 heavy (non-hydrogen) atoms. The van der Waals surface area contributed by atoms with Crippen LogP contribution in [0.2, 0.25) is 0 Å². The molecule has 2 fully saturated rings.